The van der Waals surface area contributed by atoms with E-state index < -0.39 is 0 Å². The van der Waals surface area contributed by atoms with Crippen molar-refractivity contribution in [1.82, 2.24) is 20.4 Å². The lowest BCUT2D eigenvalue weighted by Crippen LogP contribution is -2.24. The fourth-order valence-corrected chi connectivity index (χ4v) is 4.25. The van der Waals surface area contributed by atoms with Gasteiger partial charge in [0.2, 0.25) is 0 Å². The molecule has 0 saturated heterocycles. The summed E-state index contributed by atoms with van der Waals surface area (Å²) in [6.07, 6.45) is 0. The van der Waals surface area contributed by atoms with Gasteiger partial charge in [-0.3, -0.25) is 4.79 Å². The Morgan fingerprint density at radius 2 is 1.87 bits per heavy atom. The Kier molecular flexibility index (Phi) is 4.68. The molecule has 0 aliphatic carbocycles. The van der Waals surface area contributed by atoms with Crippen LogP contribution in [0.5, 0.6) is 0 Å². The number of nitrogens with one attached hydrogen (secondary N) is 2. The fourth-order valence-electron chi connectivity index (χ4n) is 3.28. The number of amides is 1. The smallest absolute Gasteiger partial charge is 0.261 e. The molecular weight excluding hydrogens is 396 g/mol. The number of hydrazone groups is 1. The molecule has 1 amide bonds. The van der Waals surface area contributed by atoms with E-state index >= 15 is 0 Å². The van der Waals surface area contributed by atoms with E-state index in [1.807, 2.05) is 55.5 Å². The van der Waals surface area contributed by atoms with Gasteiger partial charge in [-0.1, -0.05) is 47.3 Å². The predicted molar refractivity (Wildman–Crippen MR) is 118 cm³/mol. The van der Waals surface area contributed by atoms with Crippen molar-refractivity contribution in [2.75, 3.05) is 5.32 Å². The number of aromatic nitrogens is 3. The van der Waals surface area contributed by atoms with Gasteiger partial charge in [-0.15, -0.1) is 5.10 Å². The van der Waals surface area contributed by atoms with Crippen molar-refractivity contribution in [1.29, 1.82) is 0 Å². The lowest BCUT2D eigenvalue weighted by Gasteiger charge is -2.21. The molecule has 148 valence electrons. The predicted octanol–water partition coefficient (Wildman–Crippen LogP) is 4.18. The Morgan fingerprint density at radius 1 is 1.07 bits per heavy atom. The molecule has 5 rings (SSSR count). The summed E-state index contributed by atoms with van der Waals surface area (Å²) in [6.45, 7) is 1.92. The van der Waals surface area contributed by atoms with Crippen molar-refractivity contribution in [2.24, 2.45) is 5.10 Å². The van der Waals surface area contributed by atoms with E-state index in [1.54, 1.807) is 16.4 Å². The van der Waals surface area contributed by atoms with Crippen LogP contribution < -0.4 is 10.7 Å². The summed E-state index contributed by atoms with van der Waals surface area (Å²) in [5, 5.41) is 15.8. The standard InChI is InChI=1S/C22H18N6OS/c1-14(24-26-22(29)13-28-19-8-4-2-6-16(19)25-27-28)15-10-11-21-18(12-15)23-17-7-3-5-9-20(17)30-21/h2-12,23H,13H2,1H3,(H,26,29)/b24-14+. The van der Waals surface area contributed by atoms with E-state index in [-0.39, 0.29) is 12.5 Å². The SMILES string of the molecule is C/C(=N\NC(=O)Cn1nnc2ccccc21)c1ccc2c(c1)Nc1ccccc1S2. The number of benzene rings is 3. The molecule has 7 nitrogen and oxygen atoms in total. The van der Waals surface area contributed by atoms with Gasteiger partial charge < -0.3 is 5.32 Å². The number of carbonyl (C=O) groups excluding carboxylic acids is 1. The highest BCUT2D eigenvalue weighted by atomic mass is 32.2. The zero-order chi connectivity index (χ0) is 20.5. The average Bonchev–Trinajstić information content (AvgIpc) is 3.18. The Bertz CT molecular complexity index is 1300. The van der Waals surface area contributed by atoms with Crippen LogP contribution in [0.25, 0.3) is 11.0 Å². The van der Waals surface area contributed by atoms with Crippen molar-refractivity contribution in [2.45, 2.75) is 23.3 Å². The van der Waals surface area contributed by atoms with Crippen molar-refractivity contribution in [3.05, 3.63) is 72.3 Å². The molecule has 0 spiro atoms. The Balaban J connectivity index is 1.29. The zero-order valence-electron chi connectivity index (χ0n) is 16.2. The lowest BCUT2D eigenvalue weighted by atomic mass is 10.1. The molecule has 3 aromatic carbocycles. The minimum atomic E-state index is -0.259. The molecule has 1 aromatic heterocycles. The van der Waals surface area contributed by atoms with Crippen LogP contribution in [0.1, 0.15) is 12.5 Å². The lowest BCUT2D eigenvalue weighted by molar-refractivity contribution is -0.121. The Hall–Kier alpha value is -3.65. The summed E-state index contributed by atoms with van der Waals surface area (Å²) in [7, 11) is 0. The van der Waals surface area contributed by atoms with Crippen LogP contribution in [0.4, 0.5) is 11.4 Å². The number of nitrogens with zero attached hydrogens (tertiary/aromatic N) is 4. The molecule has 30 heavy (non-hydrogen) atoms. The van der Waals surface area contributed by atoms with Crippen LogP contribution in [-0.2, 0) is 11.3 Å². The highest BCUT2D eigenvalue weighted by molar-refractivity contribution is 7.99. The van der Waals surface area contributed by atoms with Gasteiger partial charge in [-0.25, -0.2) is 10.1 Å². The number of carbonyl (C=O) groups is 1. The van der Waals surface area contributed by atoms with E-state index in [4.69, 9.17) is 0 Å². The van der Waals surface area contributed by atoms with Crippen LogP contribution in [0.3, 0.4) is 0 Å². The third-order valence-corrected chi connectivity index (χ3v) is 5.99. The third kappa shape index (κ3) is 3.53. The highest BCUT2D eigenvalue weighted by Gasteiger charge is 2.16. The molecule has 0 atom stereocenters. The number of para-hydroxylation sites is 2. The molecule has 2 N–H and O–H groups in total. The maximum absolute atomic E-state index is 12.3. The van der Waals surface area contributed by atoms with E-state index in [0.717, 1.165) is 38.6 Å². The molecule has 0 bridgehead atoms. The molecule has 0 saturated carbocycles. The Morgan fingerprint density at radius 3 is 2.80 bits per heavy atom. The van der Waals surface area contributed by atoms with Crippen LogP contribution in [0.2, 0.25) is 0 Å². The largest absolute Gasteiger partial charge is 0.354 e. The van der Waals surface area contributed by atoms with Gasteiger partial charge in [-0.2, -0.15) is 5.10 Å². The van der Waals surface area contributed by atoms with Crippen LogP contribution >= 0.6 is 11.8 Å². The van der Waals surface area contributed by atoms with Gasteiger partial charge in [-0.05, 0) is 48.9 Å². The summed E-state index contributed by atoms with van der Waals surface area (Å²) >= 11 is 1.74. The molecule has 1 aliphatic rings. The number of hydrogen-bond donors (Lipinski definition) is 2. The fraction of sp³-hybridized carbons (Fsp3) is 0.0909. The van der Waals surface area contributed by atoms with Crippen molar-refractivity contribution >= 4 is 45.8 Å². The zero-order valence-corrected chi connectivity index (χ0v) is 17.0. The van der Waals surface area contributed by atoms with E-state index in [0.29, 0.717) is 0 Å². The molecule has 0 unspecified atom stereocenters. The summed E-state index contributed by atoms with van der Waals surface area (Å²) in [5.74, 6) is -0.259. The van der Waals surface area contributed by atoms with E-state index in [2.05, 4.69) is 44.4 Å². The summed E-state index contributed by atoms with van der Waals surface area (Å²) in [4.78, 5) is 14.7. The molecule has 1 aliphatic heterocycles. The first-order chi connectivity index (χ1) is 14.7. The second-order valence-electron chi connectivity index (χ2n) is 6.90. The van der Waals surface area contributed by atoms with Gasteiger partial charge in [0.05, 0.1) is 22.6 Å². The molecule has 0 fully saturated rings. The van der Waals surface area contributed by atoms with Gasteiger partial charge in [0.15, 0.2) is 0 Å². The summed E-state index contributed by atoms with van der Waals surface area (Å²) in [5.41, 5.74) is 7.97. The number of anilines is 2. The number of hydrogen-bond acceptors (Lipinski definition) is 6. The monoisotopic (exact) mass is 414 g/mol. The quantitative estimate of drug-likeness (QED) is 0.340. The third-order valence-electron chi connectivity index (χ3n) is 4.84. The van der Waals surface area contributed by atoms with Crippen molar-refractivity contribution < 1.29 is 4.79 Å². The number of fused-ring (bicyclic) bond motifs is 3. The first kappa shape index (κ1) is 18.4. The van der Waals surface area contributed by atoms with Gasteiger partial charge in [0.25, 0.3) is 5.91 Å². The minimum absolute atomic E-state index is 0.0520. The van der Waals surface area contributed by atoms with E-state index in [1.165, 1.54) is 4.90 Å². The van der Waals surface area contributed by atoms with Crippen LogP contribution in [0, 0.1) is 0 Å². The molecule has 8 heteroatoms. The topological polar surface area (TPSA) is 84.2 Å². The average molecular weight is 414 g/mol. The molecule has 0 radical (unpaired) electrons. The maximum Gasteiger partial charge on any atom is 0.261 e. The summed E-state index contributed by atoms with van der Waals surface area (Å²) < 4.78 is 1.56. The van der Waals surface area contributed by atoms with Gasteiger partial charge in [0.1, 0.15) is 12.1 Å². The Labute approximate surface area is 177 Å². The first-order valence-corrected chi connectivity index (χ1v) is 10.3. The second kappa shape index (κ2) is 7.64. The van der Waals surface area contributed by atoms with Crippen LogP contribution in [0.15, 0.2) is 81.6 Å². The van der Waals surface area contributed by atoms with Crippen LogP contribution in [-0.4, -0.2) is 26.6 Å². The van der Waals surface area contributed by atoms with Crippen molar-refractivity contribution in [3.63, 3.8) is 0 Å². The van der Waals surface area contributed by atoms with E-state index in [9.17, 15) is 4.79 Å². The second-order valence-corrected chi connectivity index (χ2v) is 7.99. The van der Waals surface area contributed by atoms with Gasteiger partial charge in [0, 0.05) is 9.79 Å². The van der Waals surface area contributed by atoms with Gasteiger partial charge >= 0.3 is 0 Å². The molecule has 4 aromatic rings. The highest BCUT2D eigenvalue weighted by Crippen LogP contribution is 2.44. The number of rotatable bonds is 4. The molecular formula is C22H18N6OS. The summed E-state index contributed by atoms with van der Waals surface area (Å²) in [6, 6.07) is 21.9. The normalized spacial score (nSPS) is 12.8. The minimum Gasteiger partial charge on any atom is -0.354 e. The van der Waals surface area contributed by atoms with Crippen molar-refractivity contribution in [3.8, 4) is 0 Å². The first-order valence-electron chi connectivity index (χ1n) is 9.47. The maximum atomic E-state index is 12.3. The molecule has 2 heterocycles.